The van der Waals surface area contributed by atoms with E-state index < -0.39 is 5.92 Å². The molecule has 0 radical (unpaired) electrons. The number of thioether (sulfide) groups is 1. The lowest BCUT2D eigenvalue weighted by Crippen LogP contribution is -2.20. The van der Waals surface area contributed by atoms with E-state index in [0.717, 1.165) is 44.1 Å². The maximum atomic E-state index is 13.2. The molecule has 0 aliphatic rings. The largest absolute Gasteiger partial charge is 0.487 e. The Morgan fingerprint density at radius 1 is 1.08 bits per heavy atom. The van der Waals surface area contributed by atoms with Crippen LogP contribution in [-0.2, 0) is 22.6 Å². The number of aromatic amines is 1. The minimum Gasteiger partial charge on any atom is -0.487 e. The number of aryl methyl sites for hydroxylation is 1. The molecule has 0 fully saturated rings. The number of H-pyrrole nitrogens is 1. The molecular weight excluding hydrogens is 468 g/mol. The van der Waals surface area contributed by atoms with Gasteiger partial charge in [-0.05, 0) is 55.7 Å². The third-order valence-corrected chi connectivity index (χ3v) is 6.98. The van der Waals surface area contributed by atoms with Gasteiger partial charge in [-0.3, -0.25) is 9.78 Å². The Kier molecular flexibility index (Phi) is 8.04. The zero-order valence-corrected chi connectivity index (χ0v) is 22.4. The molecule has 4 rings (SSSR count). The number of nitrogens with one attached hydrogen (secondary N) is 1. The molecule has 1 unspecified atom stereocenters. The van der Waals surface area contributed by atoms with Gasteiger partial charge in [0.15, 0.2) is 0 Å². The summed E-state index contributed by atoms with van der Waals surface area (Å²) in [6, 6.07) is 20.1. The first-order valence-corrected chi connectivity index (χ1v) is 13.1. The van der Waals surface area contributed by atoms with Crippen LogP contribution in [0.25, 0.3) is 10.9 Å². The third kappa shape index (κ3) is 6.49. The molecule has 0 saturated heterocycles. The second-order valence-corrected chi connectivity index (χ2v) is 11.7. The number of hydrogen-bond acceptors (Lipinski definition) is 5. The van der Waals surface area contributed by atoms with Gasteiger partial charge < -0.3 is 14.5 Å². The summed E-state index contributed by atoms with van der Waals surface area (Å²) >= 11 is 1.76. The quantitative estimate of drug-likeness (QED) is 0.193. The fourth-order valence-electron chi connectivity index (χ4n) is 4.06. The zero-order chi connectivity index (χ0) is 25.7. The molecule has 0 aliphatic carbocycles. The first-order valence-electron chi connectivity index (χ1n) is 12.3. The summed E-state index contributed by atoms with van der Waals surface area (Å²) < 4.78 is 11.6. The van der Waals surface area contributed by atoms with Crippen LogP contribution >= 0.6 is 11.8 Å². The van der Waals surface area contributed by atoms with E-state index in [4.69, 9.17) is 9.47 Å². The molecule has 6 heteroatoms. The molecule has 0 saturated carbocycles. The molecule has 5 nitrogen and oxygen atoms in total. The maximum Gasteiger partial charge on any atom is 0.315 e. The number of esters is 1. The van der Waals surface area contributed by atoms with Crippen LogP contribution in [0.1, 0.15) is 56.1 Å². The number of hydrogen-bond donors (Lipinski definition) is 1. The predicted molar refractivity (Wildman–Crippen MR) is 147 cm³/mol. The van der Waals surface area contributed by atoms with Crippen molar-refractivity contribution in [3.05, 3.63) is 89.4 Å². The summed E-state index contributed by atoms with van der Waals surface area (Å²) in [7, 11) is 0. The minimum atomic E-state index is -0.439. The van der Waals surface area contributed by atoms with Crippen LogP contribution in [0.3, 0.4) is 0 Å². The molecule has 0 aliphatic heterocycles. The number of aromatic nitrogens is 2. The molecule has 0 bridgehead atoms. The lowest BCUT2D eigenvalue weighted by Gasteiger charge is -2.21. The Bertz CT molecular complexity index is 1310. The van der Waals surface area contributed by atoms with Gasteiger partial charge in [0.05, 0.1) is 12.3 Å². The van der Waals surface area contributed by atoms with E-state index in [1.807, 2.05) is 62.5 Å². The van der Waals surface area contributed by atoms with Crippen LogP contribution in [0.4, 0.5) is 0 Å². The summed E-state index contributed by atoms with van der Waals surface area (Å²) in [6.07, 6.45) is 2.41. The molecule has 188 valence electrons. The molecule has 2 aromatic carbocycles. The van der Waals surface area contributed by atoms with Crippen molar-refractivity contribution >= 4 is 28.6 Å². The van der Waals surface area contributed by atoms with Crippen molar-refractivity contribution in [2.45, 2.75) is 63.2 Å². The summed E-state index contributed by atoms with van der Waals surface area (Å²) in [4.78, 5) is 22.3. The van der Waals surface area contributed by atoms with Crippen molar-refractivity contribution in [1.29, 1.82) is 0 Å². The normalized spacial score (nSPS) is 12.5. The van der Waals surface area contributed by atoms with Crippen LogP contribution in [0, 0.1) is 6.92 Å². The summed E-state index contributed by atoms with van der Waals surface area (Å²) in [5, 5.41) is 1.04. The van der Waals surface area contributed by atoms with E-state index >= 15 is 0 Å². The first-order chi connectivity index (χ1) is 17.2. The molecule has 0 spiro atoms. The van der Waals surface area contributed by atoms with E-state index in [1.54, 1.807) is 11.8 Å². The molecule has 36 heavy (non-hydrogen) atoms. The Morgan fingerprint density at radius 3 is 2.53 bits per heavy atom. The highest BCUT2D eigenvalue weighted by molar-refractivity contribution is 8.00. The number of pyridine rings is 1. The van der Waals surface area contributed by atoms with Crippen molar-refractivity contribution in [2.24, 2.45) is 0 Å². The van der Waals surface area contributed by atoms with Gasteiger partial charge in [-0.2, -0.15) is 0 Å². The average molecular weight is 503 g/mol. The van der Waals surface area contributed by atoms with Gasteiger partial charge in [0.2, 0.25) is 0 Å². The second kappa shape index (κ2) is 11.2. The maximum absolute atomic E-state index is 13.2. The SMILES string of the molecule is CCOC(=O)C(Cc1ccccc1)c1[nH]c2ccc(OCc3ccc(C)cn3)cc2c1SC(C)(C)C. The fraction of sp³-hybridized carbons (Fsp3) is 0.333. The van der Waals surface area contributed by atoms with Crippen LogP contribution in [0.15, 0.2) is 71.8 Å². The number of carbonyl (C=O) groups excluding carboxylic acids is 1. The van der Waals surface area contributed by atoms with E-state index in [2.05, 4.69) is 48.9 Å². The van der Waals surface area contributed by atoms with E-state index in [1.165, 1.54) is 0 Å². The number of carbonyl (C=O) groups is 1. The van der Waals surface area contributed by atoms with Crippen molar-refractivity contribution in [2.75, 3.05) is 6.61 Å². The van der Waals surface area contributed by atoms with Crippen molar-refractivity contribution in [3.63, 3.8) is 0 Å². The van der Waals surface area contributed by atoms with Gasteiger partial charge in [-0.25, -0.2) is 0 Å². The molecule has 1 atom stereocenters. The molecule has 2 heterocycles. The molecule has 0 amide bonds. The molecule has 1 N–H and O–H groups in total. The van der Waals surface area contributed by atoms with Crippen LogP contribution < -0.4 is 4.74 Å². The Labute approximate surface area is 217 Å². The van der Waals surface area contributed by atoms with Crippen LogP contribution in [0.2, 0.25) is 0 Å². The monoisotopic (exact) mass is 502 g/mol. The summed E-state index contributed by atoms with van der Waals surface area (Å²) in [6.45, 7) is 11.1. The van der Waals surface area contributed by atoms with Gasteiger partial charge in [-0.15, -0.1) is 11.8 Å². The standard InChI is InChI=1S/C30H34N2O3S/c1-6-34-29(33)25(16-21-10-8-7-9-11-21)27-28(36-30(3,4)5)24-17-23(14-15-26(24)32-27)35-19-22-13-12-20(2)18-31-22/h7-15,17-18,25,32H,6,16,19H2,1-5H3. The Hall–Kier alpha value is -3.25. The lowest BCUT2D eigenvalue weighted by atomic mass is 9.96. The van der Waals surface area contributed by atoms with E-state index in [-0.39, 0.29) is 10.7 Å². The number of rotatable bonds is 9. The van der Waals surface area contributed by atoms with Gasteiger partial charge in [0.25, 0.3) is 0 Å². The Morgan fingerprint density at radius 2 is 1.86 bits per heavy atom. The van der Waals surface area contributed by atoms with Gasteiger partial charge in [0, 0.05) is 32.4 Å². The number of ether oxygens (including phenoxy) is 2. The van der Waals surface area contributed by atoms with Gasteiger partial charge >= 0.3 is 5.97 Å². The zero-order valence-electron chi connectivity index (χ0n) is 21.6. The summed E-state index contributed by atoms with van der Waals surface area (Å²) in [5.74, 6) is 0.109. The van der Waals surface area contributed by atoms with Crippen molar-refractivity contribution in [3.8, 4) is 5.75 Å². The molecular formula is C30H34N2O3S. The highest BCUT2D eigenvalue weighted by atomic mass is 32.2. The topological polar surface area (TPSA) is 64.2 Å². The lowest BCUT2D eigenvalue weighted by molar-refractivity contribution is -0.145. The number of nitrogens with zero attached hydrogens (tertiary/aromatic N) is 1. The molecule has 2 aromatic heterocycles. The fourth-order valence-corrected chi connectivity index (χ4v) is 5.25. The minimum absolute atomic E-state index is 0.0570. The van der Waals surface area contributed by atoms with Crippen LogP contribution in [0.5, 0.6) is 5.75 Å². The highest BCUT2D eigenvalue weighted by Gasteiger charge is 2.30. The smallest absolute Gasteiger partial charge is 0.315 e. The van der Waals surface area contributed by atoms with E-state index in [9.17, 15) is 4.79 Å². The highest BCUT2D eigenvalue weighted by Crippen LogP contribution is 2.43. The number of fused-ring (bicyclic) bond motifs is 1. The van der Waals surface area contributed by atoms with Gasteiger partial charge in [0.1, 0.15) is 18.3 Å². The Balaban J connectivity index is 1.73. The third-order valence-electron chi connectivity index (χ3n) is 5.72. The van der Waals surface area contributed by atoms with Crippen LogP contribution in [-0.4, -0.2) is 27.3 Å². The van der Waals surface area contributed by atoms with Crippen molar-refractivity contribution in [1.82, 2.24) is 9.97 Å². The van der Waals surface area contributed by atoms with Gasteiger partial charge in [-0.1, -0.05) is 57.2 Å². The first kappa shape index (κ1) is 25.8. The van der Waals surface area contributed by atoms with Crippen molar-refractivity contribution < 1.29 is 14.3 Å². The second-order valence-electron chi connectivity index (χ2n) is 9.90. The summed E-state index contributed by atoms with van der Waals surface area (Å²) in [5.41, 5.74) is 4.96. The molecule has 4 aromatic rings. The number of benzene rings is 2. The van der Waals surface area contributed by atoms with E-state index in [0.29, 0.717) is 19.6 Å². The average Bonchev–Trinajstić information content (AvgIpc) is 3.18. The predicted octanol–water partition coefficient (Wildman–Crippen LogP) is 7.23.